The van der Waals surface area contributed by atoms with Gasteiger partial charge in [0.15, 0.2) is 17.1 Å². The minimum atomic E-state index is 0.678. The number of anilines is 1. The van der Waals surface area contributed by atoms with Crippen LogP contribution in [0, 0.1) is 0 Å². The summed E-state index contributed by atoms with van der Waals surface area (Å²) in [6.07, 6.45) is 11.4. The largest absolute Gasteiger partial charge is 0.378 e. The summed E-state index contributed by atoms with van der Waals surface area (Å²) in [5.41, 5.74) is 6.87. The van der Waals surface area contributed by atoms with Crippen molar-refractivity contribution in [3.8, 4) is 11.3 Å². The predicted octanol–water partition coefficient (Wildman–Crippen LogP) is 4.22. The molecule has 176 valence electrons. The number of H-pyrrole nitrogens is 1. The van der Waals surface area contributed by atoms with E-state index in [4.69, 9.17) is 19.7 Å². The molecule has 1 fully saturated rings. The van der Waals surface area contributed by atoms with Crippen LogP contribution < -0.4 is 4.90 Å². The Morgan fingerprint density at radius 3 is 2.72 bits per heavy atom. The van der Waals surface area contributed by atoms with Gasteiger partial charge in [0.25, 0.3) is 0 Å². The molecule has 1 aliphatic heterocycles. The number of imidazole rings is 2. The number of pyridine rings is 2. The van der Waals surface area contributed by atoms with Crippen LogP contribution in [0.15, 0.2) is 67.4 Å². The van der Waals surface area contributed by atoms with Crippen molar-refractivity contribution >= 4 is 45.7 Å². The van der Waals surface area contributed by atoms with Gasteiger partial charge in [0, 0.05) is 36.4 Å². The number of nitrogens with zero attached hydrogens (tertiary/aromatic N) is 7. The molecule has 1 saturated heterocycles. The SMILES string of the molecule is C(=Cc1cn2c(-c3cnc4nc[nH]c4c3)cnc(N3CCOCC3)c2n1)c1ccc2ccccc2n1. The lowest BCUT2D eigenvalue weighted by Crippen LogP contribution is -2.37. The zero-order valence-electron chi connectivity index (χ0n) is 19.4. The average Bonchev–Trinajstić information content (AvgIpc) is 3.58. The summed E-state index contributed by atoms with van der Waals surface area (Å²) in [6.45, 7) is 2.92. The molecule has 0 amide bonds. The highest BCUT2D eigenvalue weighted by atomic mass is 16.5. The van der Waals surface area contributed by atoms with Gasteiger partial charge in [-0.3, -0.25) is 4.40 Å². The van der Waals surface area contributed by atoms with Crippen molar-refractivity contribution in [2.45, 2.75) is 0 Å². The van der Waals surface area contributed by atoms with Gasteiger partial charge in [0.2, 0.25) is 0 Å². The fourth-order valence-electron chi connectivity index (χ4n) is 4.59. The molecule has 5 aromatic heterocycles. The van der Waals surface area contributed by atoms with Gasteiger partial charge in [0.1, 0.15) is 0 Å². The molecule has 1 N–H and O–H groups in total. The molecule has 1 aromatic carbocycles. The highest BCUT2D eigenvalue weighted by Gasteiger charge is 2.20. The first kappa shape index (κ1) is 20.7. The van der Waals surface area contributed by atoms with E-state index in [1.54, 1.807) is 6.33 Å². The quantitative estimate of drug-likeness (QED) is 0.408. The van der Waals surface area contributed by atoms with Crippen molar-refractivity contribution in [3.05, 3.63) is 78.8 Å². The fraction of sp³-hybridized carbons (Fsp3) is 0.148. The van der Waals surface area contributed by atoms with Crippen LogP contribution in [0.5, 0.6) is 0 Å². The Morgan fingerprint density at radius 1 is 0.889 bits per heavy atom. The lowest BCUT2D eigenvalue weighted by Gasteiger charge is -2.28. The van der Waals surface area contributed by atoms with E-state index in [1.165, 1.54) is 0 Å². The summed E-state index contributed by atoms with van der Waals surface area (Å²) in [5, 5.41) is 1.12. The molecular formula is C27H22N8O. The molecule has 1 aliphatic rings. The molecule has 0 saturated carbocycles. The van der Waals surface area contributed by atoms with E-state index in [-0.39, 0.29) is 0 Å². The Labute approximate surface area is 206 Å². The van der Waals surface area contributed by atoms with E-state index in [9.17, 15) is 0 Å². The molecule has 6 heterocycles. The lowest BCUT2D eigenvalue weighted by molar-refractivity contribution is 0.122. The third kappa shape index (κ3) is 3.66. The Bertz CT molecular complexity index is 1750. The maximum atomic E-state index is 5.55. The van der Waals surface area contributed by atoms with Gasteiger partial charge in [-0.2, -0.15) is 0 Å². The summed E-state index contributed by atoms with van der Waals surface area (Å²) in [4.78, 5) is 28.6. The number of para-hydroxylation sites is 1. The molecule has 7 rings (SSSR count). The van der Waals surface area contributed by atoms with Crippen molar-refractivity contribution in [1.82, 2.24) is 34.3 Å². The van der Waals surface area contributed by atoms with Crippen LogP contribution in [0.3, 0.4) is 0 Å². The Balaban J connectivity index is 1.33. The summed E-state index contributed by atoms with van der Waals surface area (Å²) < 4.78 is 7.64. The topological polar surface area (TPSA) is 97.1 Å². The zero-order valence-corrected chi connectivity index (χ0v) is 19.4. The number of hydrogen-bond acceptors (Lipinski definition) is 7. The van der Waals surface area contributed by atoms with Crippen molar-refractivity contribution in [2.24, 2.45) is 0 Å². The molecule has 0 unspecified atom stereocenters. The smallest absolute Gasteiger partial charge is 0.181 e. The van der Waals surface area contributed by atoms with Crippen LogP contribution in [0.1, 0.15) is 11.4 Å². The third-order valence-electron chi connectivity index (χ3n) is 6.42. The summed E-state index contributed by atoms with van der Waals surface area (Å²) in [7, 11) is 0. The Hall–Kier alpha value is -4.63. The van der Waals surface area contributed by atoms with Gasteiger partial charge < -0.3 is 14.6 Å². The maximum absolute atomic E-state index is 5.55. The first-order valence-corrected chi connectivity index (χ1v) is 11.9. The molecule has 0 spiro atoms. The van der Waals surface area contributed by atoms with Crippen LogP contribution in [-0.4, -0.2) is 60.6 Å². The molecule has 0 aliphatic carbocycles. The number of hydrogen-bond donors (Lipinski definition) is 1. The van der Waals surface area contributed by atoms with Crippen molar-refractivity contribution in [3.63, 3.8) is 0 Å². The number of aromatic nitrogens is 7. The normalized spacial score (nSPS) is 14.5. The van der Waals surface area contributed by atoms with Gasteiger partial charge in [-0.15, -0.1) is 0 Å². The standard InChI is InChI=1S/C27H22N8O/c1-2-4-22-18(3-1)5-6-20(32-22)7-8-21-16-35-24(19-13-23-25(28-14-19)31-17-30-23)15-29-26(27(35)33-21)34-9-11-36-12-10-34/h1-8,13-17H,9-12H2,(H,28,30,31). The lowest BCUT2D eigenvalue weighted by atomic mass is 10.2. The highest BCUT2D eigenvalue weighted by molar-refractivity contribution is 5.82. The van der Waals surface area contributed by atoms with Crippen LogP contribution >= 0.6 is 0 Å². The zero-order chi connectivity index (χ0) is 23.9. The second-order valence-electron chi connectivity index (χ2n) is 8.69. The molecular weight excluding hydrogens is 452 g/mol. The molecule has 0 radical (unpaired) electrons. The number of morpholine rings is 1. The first-order valence-electron chi connectivity index (χ1n) is 11.9. The van der Waals surface area contributed by atoms with Gasteiger partial charge in [-0.25, -0.2) is 24.9 Å². The Morgan fingerprint density at radius 2 is 1.78 bits per heavy atom. The fourth-order valence-corrected chi connectivity index (χ4v) is 4.59. The number of nitrogens with one attached hydrogen (secondary N) is 1. The number of benzene rings is 1. The van der Waals surface area contributed by atoms with E-state index >= 15 is 0 Å². The monoisotopic (exact) mass is 474 g/mol. The summed E-state index contributed by atoms with van der Waals surface area (Å²) in [6, 6.07) is 14.3. The number of aromatic amines is 1. The van der Waals surface area contributed by atoms with Crippen molar-refractivity contribution in [1.29, 1.82) is 0 Å². The third-order valence-corrected chi connectivity index (χ3v) is 6.42. The second-order valence-corrected chi connectivity index (χ2v) is 8.69. The highest BCUT2D eigenvalue weighted by Crippen LogP contribution is 2.28. The number of rotatable bonds is 4. The predicted molar refractivity (Wildman–Crippen MR) is 140 cm³/mol. The maximum Gasteiger partial charge on any atom is 0.181 e. The van der Waals surface area contributed by atoms with E-state index < -0.39 is 0 Å². The first-order chi connectivity index (χ1) is 17.8. The van der Waals surface area contributed by atoms with E-state index in [0.717, 1.165) is 63.6 Å². The van der Waals surface area contributed by atoms with Crippen molar-refractivity contribution in [2.75, 3.05) is 31.2 Å². The molecule has 9 heteroatoms. The van der Waals surface area contributed by atoms with Crippen LogP contribution in [0.25, 0.3) is 51.1 Å². The minimum absolute atomic E-state index is 0.678. The van der Waals surface area contributed by atoms with E-state index in [0.29, 0.717) is 18.9 Å². The van der Waals surface area contributed by atoms with Crippen LogP contribution in [0.4, 0.5) is 5.82 Å². The molecule has 6 aromatic rings. The summed E-state index contributed by atoms with van der Waals surface area (Å²) in [5.74, 6) is 0.848. The summed E-state index contributed by atoms with van der Waals surface area (Å²) >= 11 is 0. The number of fused-ring (bicyclic) bond motifs is 3. The molecule has 36 heavy (non-hydrogen) atoms. The molecule has 0 bridgehead atoms. The van der Waals surface area contributed by atoms with Crippen molar-refractivity contribution < 1.29 is 4.74 Å². The van der Waals surface area contributed by atoms with E-state index in [2.05, 4.69) is 36.4 Å². The minimum Gasteiger partial charge on any atom is -0.378 e. The van der Waals surface area contributed by atoms with E-state index in [1.807, 2.05) is 61.1 Å². The average molecular weight is 475 g/mol. The van der Waals surface area contributed by atoms with Gasteiger partial charge >= 0.3 is 0 Å². The number of ether oxygens (including phenoxy) is 1. The Kier molecular flexibility index (Phi) is 4.92. The second kappa shape index (κ2) is 8.54. The molecule has 9 nitrogen and oxygen atoms in total. The van der Waals surface area contributed by atoms with Crippen LogP contribution in [-0.2, 0) is 4.74 Å². The van der Waals surface area contributed by atoms with Gasteiger partial charge in [-0.1, -0.05) is 24.3 Å². The molecule has 0 atom stereocenters. The van der Waals surface area contributed by atoms with Crippen LogP contribution in [0.2, 0.25) is 0 Å². The van der Waals surface area contributed by atoms with Gasteiger partial charge in [0.05, 0.1) is 53.9 Å². The van der Waals surface area contributed by atoms with Gasteiger partial charge in [-0.05, 0) is 30.4 Å².